The van der Waals surface area contributed by atoms with Gasteiger partial charge in [0.1, 0.15) is 29.6 Å². The first-order chi connectivity index (χ1) is 11.5. The molecule has 1 fully saturated rings. The predicted octanol–water partition coefficient (Wildman–Crippen LogP) is 2.61. The molecule has 1 saturated heterocycles. The summed E-state index contributed by atoms with van der Waals surface area (Å²) >= 11 is 1.52. The van der Waals surface area contributed by atoms with E-state index >= 15 is 0 Å². The highest BCUT2D eigenvalue weighted by atomic mass is 32.1. The number of nitrogens with zero attached hydrogens (tertiary/aromatic N) is 1. The van der Waals surface area contributed by atoms with Crippen molar-refractivity contribution in [2.45, 2.75) is 25.0 Å². The van der Waals surface area contributed by atoms with Crippen molar-refractivity contribution in [2.75, 3.05) is 13.1 Å². The van der Waals surface area contributed by atoms with Gasteiger partial charge in [-0.3, -0.25) is 4.79 Å². The monoisotopic (exact) mass is 353 g/mol. The maximum atomic E-state index is 13.2. The molecule has 1 aromatic carbocycles. The lowest BCUT2D eigenvalue weighted by Crippen LogP contribution is -2.51. The van der Waals surface area contributed by atoms with E-state index in [4.69, 9.17) is 4.74 Å². The van der Waals surface area contributed by atoms with E-state index in [1.165, 1.54) is 11.3 Å². The summed E-state index contributed by atoms with van der Waals surface area (Å²) in [6.45, 7) is 0.580. The summed E-state index contributed by atoms with van der Waals surface area (Å²) in [5, 5.41) is 12.1. The third-order valence-electron chi connectivity index (χ3n) is 3.90. The molecule has 4 nitrogen and oxygen atoms in total. The summed E-state index contributed by atoms with van der Waals surface area (Å²) in [6, 6.07) is 6.69. The van der Waals surface area contributed by atoms with E-state index in [1.54, 1.807) is 4.90 Å². The van der Waals surface area contributed by atoms with Crippen molar-refractivity contribution in [3.05, 3.63) is 52.2 Å². The number of aliphatic hydroxyl groups excluding tert-OH is 1. The molecule has 0 unspecified atom stereocenters. The maximum Gasteiger partial charge on any atom is 0.227 e. The van der Waals surface area contributed by atoms with Crippen LogP contribution in [0.2, 0.25) is 0 Å². The zero-order valence-electron chi connectivity index (χ0n) is 12.8. The molecule has 2 aromatic rings. The predicted molar refractivity (Wildman–Crippen MR) is 86.0 cm³/mol. The Morgan fingerprint density at radius 3 is 2.71 bits per heavy atom. The number of rotatable bonds is 4. The summed E-state index contributed by atoms with van der Waals surface area (Å²) in [7, 11) is 0. The van der Waals surface area contributed by atoms with Crippen LogP contribution in [-0.4, -0.2) is 41.2 Å². The molecule has 0 radical (unpaired) electrons. The standard InChI is InChI=1S/C17H17F2NO3S/c18-11-6-12(19)8-13(7-11)23-16-3-4-20(10-15(16)21)17(22)9-14-2-1-5-24-14/h1-2,5-8,15-16,21H,3-4,9-10H2/t15-,16-/m1/s1. The average Bonchev–Trinajstić information content (AvgIpc) is 3.01. The van der Waals surface area contributed by atoms with Gasteiger partial charge >= 0.3 is 0 Å². The van der Waals surface area contributed by atoms with Gasteiger partial charge in [0.05, 0.1) is 13.0 Å². The Morgan fingerprint density at radius 2 is 2.08 bits per heavy atom. The summed E-state index contributed by atoms with van der Waals surface area (Å²) < 4.78 is 31.9. The van der Waals surface area contributed by atoms with Crippen LogP contribution in [0, 0.1) is 11.6 Å². The minimum Gasteiger partial charge on any atom is -0.487 e. The molecular formula is C17H17F2NO3S. The molecule has 2 atom stereocenters. The van der Waals surface area contributed by atoms with Crippen LogP contribution in [0.5, 0.6) is 5.75 Å². The van der Waals surface area contributed by atoms with Gasteiger partial charge in [-0.15, -0.1) is 11.3 Å². The lowest BCUT2D eigenvalue weighted by Gasteiger charge is -2.36. The normalized spacial score (nSPS) is 20.9. The van der Waals surface area contributed by atoms with Crippen molar-refractivity contribution in [3.63, 3.8) is 0 Å². The van der Waals surface area contributed by atoms with E-state index < -0.39 is 23.8 Å². The Balaban J connectivity index is 1.57. The van der Waals surface area contributed by atoms with E-state index in [0.717, 1.165) is 23.1 Å². The molecule has 1 aromatic heterocycles. The second-order valence-corrected chi connectivity index (χ2v) is 6.75. The van der Waals surface area contributed by atoms with Crippen LogP contribution >= 0.6 is 11.3 Å². The lowest BCUT2D eigenvalue weighted by molar-refractivity contribution is -0.136. The molecule has 1 aliphatic heterocycles. The summed E-state index contributed by atoms with van der Waals surface area (Å²) in [6.07, 6.45) is -0.796. The van der Waals surface area contributed by atoms with Crippen molar-refractivity contribution in [1.82, 2.24) is 4.90 Å². The number of amides is 1. The number of carbonyl (C=O) groups excluding carboxylic acids is 1. The topological polar surface area (TPSA) is 49.8 Å². The number of thiophene rings is 1. The highest BCUT2D eigenvalue weighted by Crippen LogP contribution is 2.22. The Bertz CT molecular complexity index is 688. The Kier molecular flexibility index (Phi) is 5.11. The van der Waals surface area contributed by atoms with Crippen LogP contribution in [-0.2, 0) is 11.2 Å². The van der Waals surface area contributed by atoms with Crippen LogP contribution in [0.1, 0.15) is 11.3 Å². The fraction of sp³-hybridized carbons (Fsp3) is 0.353. The van der Waals surface area contributed by atoms with Crippen molar-refractivity contribution in [2.24, 2.45) is 0 Å². The smallest absolute Gasteiger partial charge is 0.227 e. The zero-order chi connectivity index (χ0) is 17.1. The van der Waals surface area contributed by atoms with Crippen molar-refractivity contribution in [1.29, 1.82) is 0 Å². The molecule has 2 heterocycles. The average molecular weight is 353 g/mol. The van der Waals surface area contributed by atoms with E-state index in [1.807, 2.05) is 17.5 Å². The third-order valence-corrected chi connectivity index (χ3v) is 4.78. The van der Waals surface area contributed by atoms with E-state index in [0.29, 0.717) is 19.4 Å². The minimum absolute atomic E-state index is 0.0370. The molecule has 0 spiro atoms. The van der Waals surface area contributed by atoms with E-state index in [-0.39, 0.29) is 18.2 Å². The summed E-state index contributed by atoms with van der Waals surface area (Å²) in [5.41, 5.74) is 0. The number of carbonyl (C=O) groups is 1. The fourth-order valence-electron chi connectivity index (χ4n) is 2.72. The molecule has 24 heavy (non-hydrogen) atoms. The summed E-state index contributed by atoms with van der Waals surface area (Å²) in [5.74, 6) is -1.48. The van der Waals surface area contributed by atoms with E-state index in [9.17, 15) is 18.7 Å². The lowest BCUT2D eigenvalue weighted by atomic mass is 10.0. The van der Waals surface area contributed by atoms with Gasteiger partial charge in [-0.1, -0.05) is 6.07 Å². The van der Waals surface area contributed by atoms with Gasteiger partial charge in [-0.25, -0.2) is 8.78 Å². The molecule has 7 heteroatoms. The molecule has 3 rings (SSSR count). The highest BCUT2D eigenvalue weighted by molar-refractivity contribution is 7.10. The van der Waals surface area contributed by atoms with Crippen LogP contribution in [0.3, 0.4) is 0 Å². The SMILES string of the molecule is O=C(Cc1cccs1)N1CC[C@@H](Oc2cc(F)cc(F)c2)[C@H](O)C1. The van der Waals surface area contributed by atoms with Gasteiger partial charge in [0, 0.05) is 36.0 Å². The first kappa shape index (κ1) is 16.9. The third kappa shape index (κ3) is 4.10. The van der Waals surface area contributed by atoms with Gasteiger partial charge in [0.15, 0.2) is 0 Å². The van der Waals surface area contributed by atoms with Gasteiger partial charge < -0.3 is 14.7 Å². The van der Waals surface area contributed by atoms with Gasteiger partial charge in [-0.2, -0.15) is 0 Å². The number of aliphatic hydroxyl groups is 1. The van der Waals surface area contributed by atoms with Crippen LogP contribution in [0.25, 0.3) is 0 Å². The zero-order valence-corrected chi connectivity index (χ0v) is 13.6. The fourth-order valence-corrected chi connectivity index (χ4v) is 3.42. The number of hydrogen-bond donors (Lipinski definition) is 1. The minimum atomic E-state index is -0.905. The first-order valence-corrected chi connectivity index (χ1v) is 8.50. The number of hydrogen-bond acceptors (Lipinski definition) is 4. The second kappa shape index (κ2) is 7.27. The molecular weight excluding hydrogens is 336 g/mol. The van der Waals surface area contributed by atoms with Gasteiger partial charge in [0.2, 0.25) is 5.91 Å². The van der Waals surface area contributed by atoms with Crippen LogP contribution < -0.4 is 4.74 Å². The Labute approximate surface area is 142 Å². The largest absolute Gasteiger partial charge is 0.487 e. The van der Waals surface area contributed by atoms with Gasteiger partial charge in [0.25, 0.3) is 0 Å². The maximum absolute atomic E-state index is 13.2. The Hall–Kier alpha value is -1.99. The number of likely N-dealkylation sites (tertiary alicyclic amines) is 1. The molecule has 128 valence electrons. The Morgan fingerprint density at radius 1 is 1.33 bits per heavy atom. The molecule has 0 bridgehead atoms. The van der Waals surface area contributed by atoms with E-state index in [2.05, 4.69) is 0 Å². The molecule has 1 amide bonds. The molecule has 0 saturated carbocycles. The number of halogens is 2. The van der Waals surface area contributed by atoms with Gasteiger partial charge in [-0.05, 0) is 11.4 Å². The van der Waals surface area contributed by atoms with Crippen LogP contribution in [0.4, 0.5) is 8.78 Å². The quantitative estimate of drug-likeness (QED) is 0.919. The number of ether oxygens (including phenoxy) is 1. The number of benzene rings is 1. The molecule has 0 aliphatic carbocycles. The first-order valence-electron chi connectivity index (χ1n) is 7.62. The van der Waals surface area contributed by atoms with Crippen LogP contribution in [0.15, 0.2) is 35.7 Å². The van der Waals surface area contributed by atoms with Crippen molar-refractivity contribution >= 4 is 17.2 Å². The highest BCUT2D eigenvalue weighted by Gasteiger charge is 2.31. The second-order valence-electron chi connectivity index (χ2n) is 5.71. The van der Waals surface area contributed by atoms with Crippen molar-refractivity contribution in [3.8, 4) is 5.75 Å². The molecule has 1 N–H and O–H groups in total. The molecule has 1 aliphatic rings. The van der Waals surface area contributed by atoms with Crippen molar-refractivity contribution < 1.29 is 23.4 Å². The number of piperidine rings is 1. The summed E-state index contributed by atoms with van der Waals surface area (Å²) in [4.78, 5) is 14.8. The number of β-amino-alcohol motifs (C(OH)–C–C–N with tert-alkyl or cyclic N) is 1.